The summed E-state index contributed by atoms with van der Waals surface area (Å²) in [7, 11) is 0. The Balaban J connectivity index is 2.55. The lowest BCUT2D eigenvalue weighted by molar-refractivity contribution is -0.138. The molecule has 1 aromatic heterocycles. The number of nitrogens with one attached hydrogen (secondary N) is 1. The molecule has 20 heavy (non-hydrogen) atoms. The van der Waals surface area contributed by atoms with Gasteiger partial charge in [-0.3, -0.25) is 0 Å². The molecule has 2 rings (SSSR count). The number of rotatable bonds is 3. The number of hydrogen-bond acceptors (Lipinski definition) is 6. The minimum atomic E-state index is -0.418. The molecule has 0 spiro atoms. The van der Waals surface area contributed by atoms with E-state index < -0.39 is 11.9 Å². The molecular formula is C14H14N2O2S2. The Labute approximate surface area is 127 Å². The van der Waals surface area contributed by atoms with Crippen molar-refractivity contribution in [2.45, 2.75) is 19.8 Å². The fraction of sp³-hybridized carbons (Fsp3) is 0.286. The van der Waals surface area contributed by atoms with Gasteiger partial charge in [-0.15, -0.1) is 12.6 Å². The molecule has 1 aromatic rings. The molecule has 0 saturated heterocycles. The van der Waals surface area contributed by atoms with Crippen LogP contribution in [0.15, 0.2) is 38.7 Å². The van der Waals surface area contributed by atoms with Crippen LogP contribution in [0.1, 0.15) is 25.3 Å². The first-order valence-corrected chi connectivity index (χ1v) is 7.49. The fourth-order valence-corrected chi connectivity index (χ4v) is 3.21. The van der Waals surface area contributed by atoms with Crippen LogP contribution in [0.25, 0.3) is 0 Å². The molecule has 0 aromatic carbocycles. The first-order valence-electron chi connectivity index (χ1n) is 6.10. The van der Waals surface area contributed by atoms with Gasteiger partial charge in [0.1, 0.15) is 0 Å². The molecular weight excluding hydrogens is 292 g/mol. The van der Waals surface area contributed by atoms with Gasteiger partial charge in [0.2, 0.25) is 0 Å². The molecule has 4 nitrogen and oxygen atoms in total. The highest BCUT2D eigenvalue weighted by atomic mass is 32.1. The maximum Gasteiger partial charge on any atom is 0.336 e. The molecule has 1 unspecified atom stereocenters. The first-order chi connectivity index (χ1) is 9.60. The van der Waals surface area contributed by atoms with E-state index in [1.54, 1.807) is 13.8 Å². The van der Waals surface area contributed by atoms with Crippen molar-refractivity contribution in [2.75, 3.05) is 6.61 Å². The number of dihydropyridines is 1. The van der Waals surface area contributed by atoms with E-state index in [0.29, 0.717) is 28.5 Å². The van der Waals surface area contributed by atoms with Crippen molar-refractivity contribution in [3.8, 4) is 6.07 Å². The SMILES string of the molecule is CCOC(=O)C1=C(C)NC(S)=C(C#N)C1c1ccsc1. The molecule has 104 valence electrons. The number of ether oxygens (including phenoxy) is 1. The summed E-state index contributed by atoms with van der Waals surface area (Å²) < 4.78 is 5.12. The average Bonchev–Trinajstić information content (AvgIpc) is 2.91. The molecule has 0 radical (unpaired) electrons. The summed E-state index contributed by atoms with van der Waals surface area (Å²) in [6.45, 7) is 3.84. The molecule has 1 N–H and O–H groups in total. The summed E-state index contributed by atoms with van der Waals surface area (Å²) in [4.78, 5) is 12.2. The van der Waals surface area contributed by atoms with E-state index in [2.05, 4.69) is 24.0 Å². The van der Waals surface area contributed by atoms with E-state index in [1.807, 2.05) is 16.8 Å². The van der Waals surface area contributed by atoms with Crippen LogP contribution in [0.3, 0.4) is 0 Å². The van der Waals surface area contributed by atoms with Gasteiger partial charge in [-0.1, -0.05) is 0 Å². The largest absolute Gasteiger partial charge is 0.463 e. The summed E-state index contributed by atoms with van der Waals surface area (Å²) in [5.74, 6) is -0.818. The number of hydrogen-bond donors (Lipinski definition) is 2. The van der Waals surface area contributed by atoms with Gasteiger partial charge in [0.25, 0.3) is 0 Å². The normalized spacial score (nSPS) is 18.6. The quantitative estimate of drug-likeness (QED) is 0.666. The van der Waals surface area contributed by atoms with E-state index >= 15 is 0 Å². The Morgan fingerprint density at radius 2 is 2.40 bits per heavy atom. The van der Waals surface area contributed by atoms with Crippen molar-refractivity contribution in [3.63, 3.8) is 0 Å². The highest BCUT2D eigenvalue weighted by Crippen LogP contribution is 2.39. The summed E-state index contributed by atoms with van der Waals surface area (Å²) >= 11 is 5.83. The number of nitrogens with zero attached hydrogens (tertiary/aromatic N) is 1. The van der Waals surface area contributed by atoms with E-state index in [4.69, 9.17) is 4.74 Å². The van der Waals surface area contributed by atoms with Crippen LogP contribution in [0.5, 0.6) is 0 Å². The van der Waals surface area contributed by atoms with Gasteiger partial charge in [0, 0.05) is 5.70 Å². The van der Waals surface area contributed by atoms with E-state index in [0.717, 1.165) is 5.56 Å². The zero-order chi connectivity index (χ0) is 14.7. The number of thiol groups is 1. The van der Waals surface area contributed by atoms with Gasteiger partial charge in [0.05, 0.1) is 34.8 Å². The lowest BCUT2D eigenvalue weighted by Crippen LogP contribution is -2.27. The number of esters is 1. The third kappa shape index (κ3) is 2.60. The molecule has 0 fully saturated rings. The zero-order valence-corrected chi connectivity index (χ0v) is 12.8. The molecule has 1 atom stereocenters. The number of thiophene rings is 1. The van der Waals surface area contributed by atoms with Crippen LogP contribution in [0.4, 0.5) is 0 Å². The Morgan fingerprint density at radius 1 is 1.65 bits per heavy atom. The second-order valence-electron chi connectivity index (χ2n) is 4.25. The van der Waals surface area contributed by atoms with Crippen molar-refractivity contribution in [3.05, 3.63) is 44.3 Å². The van der Waals surface area contributed by atoms with Crippen LogP contribution in [0.2, 0.25) is 0 Å². The maximum atomic E-state index is 12.2. The van der Waals surface area contributed by atoms with Gasteiger partial charge < -0.3 is 10.1 Å². The van der Waals surface area contributed by atoms with Crippen molar-refractivity contribution in [1.29, 1.82) is 5.26 Å². The Bertz CT molecular complexity index is 624. The number of carbonyl (C=O) groups is 1. The van der Waals surface area contributed by atoms with Crippen LogP contribution in [-0.4, -0.2) is 12.6 Å². The van der Waals surface area contributed by atoms with Crippen molar-refractivity contribution >= 4 is 29.9 Å². The topological polar surface area (TPSA) is 62.1 Å². The molecule has 0 bridgehead atoms. The highest BCUT2D eigenvalue weighted by Gasteiger charge is 2.34. The van der Waals surface area contributed by atoms with Crippen LogP contribution >= 0.6 is 24.0 Å². The number of carbonyl (C=O) groups excluding carboxylic acids is 1. The number of allylic oxidation sites excluding steroid dienone is 2. The molecule has 0 amide bonds. The van der Waals surface area contributed by atoms with E-state index in [-0.39, 0.29) is 0 Å². The second-order valence-corrected chi connectivity index (χ2v) is 5.48. The van der Waals surface area contributed by atoms with Crippen molar-refractivity contribution in [2.24, 2.45) is 0 Å². The molecule has 0 saturated carbocycles. The standard InChI is InChI=1S/C14H14N2O2S2/c1-3-18-14(17)11-8(2)16-13(19)10(6-15)12(11)9-4-5-20-7-9/h4-5,7,12,16,19H,3H2,1-2H3. The van der Waals surface area contributed by atoms with E-state index in [9.17, 15) is 10.1 Å². The predicted octanol–water partition coefficient (Wildman–Crippen LogP) is 2.94. The van der Waals surface area contributed by atoms with Gasteiger partial charge >= 0.3 is 5.97 Å². The summed E-state index contributed by atoms with van der Waals surface area (Å²) in [5.41, 5.74) is 2.48. The maximum absolute atomic E-state index is 12.2. The third-order valence-corrected chi connectivity index (χ3v) is 4.09. The van der Waals surface area contributed by atoms with E-state index in [1.165, 1.54) is 11.3 Å². The fourth-order valence-electron chi connectivity index (χ4n) is 2.18. The molecule has 6 heteroatoms. The van der Waals surface area contributed by atoms with Gasteiger partial charge in [-0.05, 0) is 36.2 Å². The van der Waals surface area contributed by atoms with Crippen LogP contribution in [-0.2, 0) is 9.53 Å². The summed E-state index contributed by atoms with van der Waals surface area (Å²) in [6.07, 6.45) is 0. The van der Waals surface area contributed by atoms with Crippen LogP contribution < -0.4 is 5.32 Å². The van der Waals surface area contributed by atoms with Gasteiger partial charge in [-0.25, -0.2) is 4.79 Å². The minimum absolute atomic E-state index is 0.297. The van der Waals surface area contributed by atoms with Crippen molar-refractivity contribution < 1.29 is 9.53 Å². The Kier molecular flexibility index (Phi) is 4.53. The minimum Gasteiger partial charge on any atom is -0.463 e. The lowest BCUT2D eigenvalue weighted by atomic mass is 9.84. The summed E-state index contributed by atoms with van der Waals surface area (Å²) in [6, 6.07) is 4.05. The third-order valence-electron chi connectivity index (χ3n) is 3.03. The molecule has 0 aliphatic carbocycles. The second kappa shape index (κ2) is 6.16. The molecule has 2 heterocycles. The van der Waals surface area contributed by atoms with Gasteiger partial charge in [-0.2, -0.15) is 16.6 Å². The van der Waals surface area contributed by atoms with Gasteiger partial charge in [0.15, 0.2) is 0 Å². The zero-order valence-electron chi connectivity index (χ0n) is 11.1. The Hall–Kier alpha value is -1.71. The van der Waals surface area contributed by atoms with Crippen LogP contribution in [0, 0.1) is 11.3 Å². The monoisotopic (exact) mass is 306 g/mol. The predicted molar refractivity (Wildman–Crippen MR) is 81.2 cm³/mol. The molecule has 1 aliphatic rings. The first kappa shape index (κ1) is 14.7. The van der Waals surface area contributed by atoms with Crippen molar-refractivity contribution in [1.82, 2.24) is 5.32 Å². The smallest absolute Gasteiger partial charge is 0.336 e. The summed E-state index contributed by atoms with van der Waals surface area (Å²) in [5, 5.41) is 16.7. The average molecular weight is 306 g/mol. The highest BCUT2D eigenvalue weighted by molar-refractivity contribution is 7.84. The lowest BCUT2D eigenvalue weighted by Gasteiger charge is -2.27. The number of nitriles is 1. The molecule has 1 aliphatic heterocycles. The Morgan fingerprint density at radius 3 is 2.95 bits per heavy atom.